The molecular formula is C24H21N3O6. The second-order valence-corrected chi connectivity index (χ2v) is 6.54. The van der Waals surface area contributed by atoms with Gasteiger partial charge in [-0.3, -0.25) is 9.59 Å². The van der Waals surface area contributed by atoms with Gasteiger partial charge in [0.25, 0.3) is 0 Å². The average molecular weight is 447 g/mol. The molecule has 33 heavy (non-hydrogen) atoms. The summed E-state index contributed by atoms with van der Waals surface area (Å²) < 4.78 is 15.5. The summed E-state index contributed by atoms with van der Waals surface area (Å²) in [5.41, 5.74) is 3.51. The van der Waals surface area contributed by atoms with Gasteiger partial charge in [-0.25, -0.2) is 10.2 Å². The lowest BCUT2D eigenvalue weighted by atomic mass is 10.2. The Morgan fingerprint density at radius 3 is 2.12 bits per heavy atom. The average Bonchev–Trinajstić information content (AvgIpc) is 2.85. The van der Waals surface area contributed by atoms with Crippen LogP contribution in [0.2, 0.25) is 0 Å². The zero-order valence-corrected chi connectivity index (χ0v) is 17.9. The fourth-order valence-corrected chi connectivity index (χ4v) is 2.66. The molecule has 0 radical (unpaired) electrons. The fourth-order valence-electron chi connectivity index (χ4n) is 2.66. The summed E-state index contributed by atoms with van der Waals surface area (Å²) in [4.78, 5) is 36.2. The second-order valence-electron chi connectivity index (χ2n) is 6.54. The van der Waals surface area contributed by atoms with E-state index in [-0.39, 0.29) is 0 Å². The topological polar surface area (TPSA) is 115 Å². The van der Waals surface area contributed by atoms with Crippen LogP contribution in [-0.2, 0) is 9.59 Å². The lowest BCUT2D eigenvalue weighted by Gasteiger charge is -2.08. The van der Waals surface area contributed by atoms with Crippen LogP contribution in [-0.4, -0.2) is 38.2 Å². The summed E-state index contributed by atoms with van der Waals surface area (Å²) in [6.45, 7) is 0. The monoisotopic (exact) mass is 447 g/mol. The van der Waals surface area contributed by atoms with E-state index in [0.29, 0.717) is 34.1 Å². The smallest absolute Gasteiger partial charge is 0.343 e. The molecule has 0 bridgehead atoms. The largest absolute Gasteiger partial charge is 0.497 e. The predicted molar refractivity (Wildman–Crippen MR) is 122 cm³/mol. The van der Waals surface area contributed by atoms with E-state index >= 15 is 0 Å². The summed E-state index contributed by atoms with van der Waals surface area (Å²) >= 11 is 0. The van der Waals surface area contributed by atoms with Crippen molar-refractivity contribution in [3.8, 4) is 17.2 Å². The highest BCUT2D eigenvalue weighted by Gasteiger charge is 2.15. The number of carbonyl (C=O) groups is 3. The first kappa shape index (κ1) is 23.0. The molecule has 3 aromatic rings. The maximum Gasteiger partial charge on any atom is 0.343 e. The Balaban J connectivity index is 1.51. The van der Waals surface area contributed by atoms with E-state index in [1.165, 1.54) is 13.3 Å². The Labute approximate surface area is 190 Å². The molecule has 0 aromatic heterocycles. The van der Waals surface area contributed by atoms with Crippen LogP contribution in [0, 0.1) is 0 Å². The first-order valence-corrected chi connectivity index (χ1v) is 9.74. The van der Waals surface area contributed by atoms with Crippen LogP contribution in [0.3, 0.4) is 0 Å². The van der Waals surface area contributed by atoms with Crippen LogP contribution in [0.5, 0.6) is 17.2 Å². The molecule has 9 heteroatoms. The van der Waals surface area contributed by atoms with E-state index < -0.39 is 17.8 Å². The van der Waals surface area contributed by atoms with Crippen LogP contribution in [0.4, 0.5) is 5.69 Å². The number of nitrogens with one attached hydrogen (secondary N) is 2. The molecule has 0 aliphatic rings. The molecule has 2 N–H and O–H groups in total. The highest BCUT2D eigenvalue weighted by molar-refractivity contribution is 6.39. The van der Waals surface area contributed by atoms with Gasteiger partial charge in [0.15, 0.2) is 0 Å². The number of hydrogen-bond donors (Lipinski definition) is 2. The molecular weight excluding hydrogens is 426 g/mol. The quantitative estimate of drug-likeness (QED) is 0.189. The van der Waals surface area contributed by atoms with Crippen LogP contribution in [0.15, 0.2) is 77.9 Å². The third-order valence-corrected chi connectivity index (χ3v) is 4.36. The molecule has 3 rings (SSSR count). The van der Waals surface area contributed by atoms with Crippen molar-refractivity contribution < 1.29 is 28.6 Å². The number of carbonyl (C=O) groups excluding carboxylic acids is 3. The van der Waals surface area contributed by atoms with Crippen LogP contribution < -0.4 is 25.0 Å². The Morgan fingerprint density at radius 2 is 1.45 bits per heavy atom. The van der Waals surface area contributed by atoms with E-state index in [9.17, 15) is 14.4 Å². The Kier molecular flexibility index (Phi) is 7.74. The van der Waals surface area contributed by atoms with Gasteiger partial charge in [-0.05, 0) is 66.2 Å². The second kappa shape index (κ2) is 11.1. The molecule has 2 amide bonds. The number of rotatable bonds is 7. The number of anilines is 1. The lowest BCUT2D eigenvalue weighted by molar-refractivity contribution is -0.136. The van der Waals surface area contributed by atoms with Gasteiger partial charge in [0.2, 0.25) is 0 Å². The van der Waals surface area contributed by atoms with Gasteiger partial charge in [-0.2, -0.15) is 5.10 Å². The van der Waals surface area contributed by atoms with E-state index in [1.807, 2.05) is 0 Å². The summed E-state index contributed by atoms with van der Waals surface area (Å²) in [5.74, 6) is -0.935. The summed E-state index contributed by atoms with van der Waals surface area (Å²) in [6.07, 6.45) is 1.35. The minimum Gasteiger partial charge on any atom is -0.497 e. The van der Waals surface area contributed by atoms with Crippen molar-refractivity contribution in [2.75, 3.05) is 19.5 Å². The third kappa shape index (κ3) is 6.41. The fraction of sp³-hybridized carbons (Fsp3) is 0.0833. The van der Waals surface area contributed by atoms with Gasteiger partial charge in [-0.15, -0.1) is 0 Å². The number of hydrazone groups is 1. The molecule has 9 nitrogen and oxygen atoms in total. The van der Waals surface area contributed by atoms with Gasteiger partial charge in [0.1, 0.15) is 17.2 Å². The van der Waals surface area contributed by atoms with Crippen LogP contribution in [0.25, 0.3) is 0 Å². The first-order valence-electron chi connectivity index (χ1n) is 9.74. The zero-order chi connectivity index (χ0) is 23.6. The molecule has 0 atom stereocenters. The number of ether oxygens (including phenoxy) is 3. The van der Waals surface area contributed by atoms with Gasteiger partial charge >= 0.3 is 17.8 Å². The summed E-state index contributed by atoms with van der Waals surface area (Å²) in [6, 6.07) is 19.7. The van der Waals surface area contributed by atoms with Gasteiger partial charge in [0, 0.05) is 0 Å². The Bertz CT molecular complexity index is 1160. The number of nitrogens with zero attached hydrogens (tertiary/aromatic N) is 1. The molecule has 168 valence electrons. The molecule has 0 spiro atoms. The molecule has 3 aromatic carbocycles. The van der Waals surface area contributed by atoms with Crippen molar-refractivity contribution in [2.45, 2.75) is 0 Å². The summed E-state index contributed by atoms with van der Waals surface area (Å²) in [5, 5.41) is 6.22. The van der Waals surface area contributed by atoms with E-state index in [2.05, 4.69) is 15.8 Å². The highest BCUT2D eigenvalue weighted by atomic mass is 16.5. The van der Waals surface area contributed by atoms with Gasteiger partial charge in [-0.1, -0.05) is 12.1 Å². The lowest BCUT2D eigenvalue weighted by Crippen LogP contribution is -2.32. The molecule has 0 aliphatic heterocycles. The number of esters is 1. The number of methoxy groups -OCH3 is 2. The van der Waals surface area contributed by atoms with Gasteiger partial charge in [0.05, 0.1) is 31.7 Å². The van der Waals surface area contributed by atoms with Crippen molar-refractivity contribution in [3.05, 3.63) is 83.9 Å². The maximum absolute atomic E-state index is 12.2. The molecule has 0 aliphatic carbocycles. The van der Waals surface area contributed by atoms with E-state index in [1.54, 1.807) is 79.9 Å². The van der Waals surface area contributed by atoms with E-state index in [0.717, 1.165) is 0 Å². The van der Waals surface area contributed by atoms with Crippen molar-refractivity contribution in [2.24, 2.45) is 5.10 Å². The zero-order valence-electron chi connectivity index (χ0n) is 17.9. The summed E-state index contributed by atoms with van der Waals surface area (Å²) in [7, 11) is 3.00. The van der Waals surface area contributed by atoms with Crippen molar-refractivity contribution in [3.63, 3.8) is 0 Å². The Hall–Kier alpha value is -4.66. The third-order valence-electron chi connectivity index (χ3n) is 4.36. The highest BCUT2D eigenvalue weighted by Crippen LogP contribution is 2.22. The molecule has 0 saturated carbocycles. The normalized spacial score (nSPS) is 10.4. The first-order chi connectivity index (χ1) is 16.0. The van der Waals surface area contributed by atoms with Crippen LogP contribution in [0.1, 0.15) is 15.9 Å². The number of para-hydroxylation sites is 2. The predicted octanol–water partition coefficient (Wildman–Crippen LogP) is 3.01. The molecule has 0 unspecified atom stereocenters. The van der Waals surface area contributed by atoms with Crippen molar-refractivity contribution in [1.29, 1.82) is 0 Å². The van der Waals surface area contributed by atoms with Crippen molar-refractivity contribution >= 4 is 29.7 Å². The molecule has 0 saturated heterocycles. The SMILES string of the molecule is COc1ccc(C(=O)Oc2ccc(/C=N\NC(=O)C(=O)Nc3ccccc3OC)cc2)cc1. The number of amides is 2. The van der Waals surface area contributed by atoms with Crippen molar-refractivity contribution in [1.82, 2.24) is 5.43 Å². The van der Waals surface area contributed by atoms with Crippen LogP contribution >= 0.6 is 0 Å². The van der Waals surface area contributed by atoms with Gasteiger partial charge < -0.3 is 19.5 Å². The Morgan fingerprint density at radius 1 is 0.788 bits per heavy atom. The van der Waals surface area contributed by atoms with E-state index in [4.69, 9.17) is 14.2 Å². The minimum absolute atomic E-state index is 0.341. The number of hydrogen-bond acceptors (Lipinski definition) is 7. The maximum atomic E-state index is 12.2. The minimum atomic E-state index is -0.942. The molecule has 0 fully saturated rings. The standard InChI is InChI=1S/C24H21N3O6/c1-31-18-13-9-17(10-14-18)24(30)33-19-11-7-16(8-12-19)15-25-27-23(29)22(28)26-20-5-3-4-6-21(20)32-2/h3-15H,1-2H3,(H,26,28)(H,27,29)/b25-15-. The molecule has 0 heterocycles. The number of benzene rings is 3.